The molecule has 1 aliphatic heterocycles. The number of likely N-dealkylation sites (tertiary alicyclic amines) is 1. The van der Waals surface area contributed by atoms with Crippen molar-refractivity contribution in [2.24, 2.45) is 0 Å². The van der Waals surface area contributed by atoms with Crippen LogP contribution in [0.5, 0.6) is 5.75 Å². The summed E-state index contributed by atoms with van der Waals surface area (Å²) in [5.74, 6) is 0.862. The number of nitrogens with zero attached hydrogens (tertiary/aromatic N) is 2. The van der Waals surface area contributed by atoms with Crippen LogP contribution in [0.15, 0.2) is 48.5 Å². The lowest BCUT2D eigenvalue weighted by atomic mass is 10.1. The van der Waals surface area contributed by atoms with Crippen molar-refractivity contribution >= 4 is 0 Å². The SMILES string of the molecule is Cc1cccc(CN2CCC(Oc3ccc(C#N)cc3)CC2)c1. The predicted octanol–water partition coefficient (Wildman–Crippen LogP) is 3.91. The van der Waals surface area contributed by atoms with Crippen molar-refractivity contribution in [1.29, 1.82) is 5.26 Å². The molecular weight excluding hydrogens is 284 g/mol. The molecule has 1 fully saturated rings. The smallest absolute Gasteiger partial charge is 0.119 e. The number of benzene rings is 2. The molecule has 0 saturated carbocycles. The van der Waals surface area contributed by atoms with Crippen LogP contribution in [0, 0.1) is 18.3 Å². The summed E-state index contributed by atoms with van der Waals surface area (Å²) in [5, 5.41) is 8.82. The van der Waals surface area contributed by atoms with E-state index in [9.17, 15) is 0 Å². The summed E-state index contributed by atoms with van der Waals surface area (Å²) in [7, 11) is 0. The van der Waals surface area contributed by atoms with Crippen molar-refractivity contribution in [2.75, 3.05) is 13.1 Å². The summed E-state index contributed by atoms with van der Waals surface area (Å²) in [6, 6.07) is 18.3. The van der Waals surface area contributed by atoms with Crippen molar-refractivity contribution in [3.8, 4) is 11.8 Å². The first-order valence-electron chi connectivity index (χ1n) is 8.17. The van der Waals surface area contributed by atoms with E-state index in [0.29, 0.717) is 5.56 Å². The van der Waals surface area contributed by atoms with E-state index in [-0.39, 0.29) is 6.10 Å². The van der Waals surface area contributed by atoms with Gasteiger partial charge in [0, 0.05) is 19.6 Å². The molecule has 0 aliphatic carbocycles. The minimum absolute atomic E-state index is 0.275. The molecule has 0 atom stereocenters. The maximum absolute atomic E-state index is 8.82. The highest BCUT2D eigenvalue weighted by Gasteiger charge is 2.20. The van der Waals surface area contributed by atoms with Crippen LogP contribution < -0.4 is 4.74 Å². The third-order valence-electron chi connectivity index (χ3n) is 4.31. The highest BCUT2D eigenvalue weighted by Crippen LogP contribution is 2.20. The molecule has 0 spiro atoms. The van der Waals surface area contributed by atoms with Gasteiger partial charge >= 0.3 is 0 Å². The van der Waals surface area contributed by atoms with Gasteiger partial charge < -0.3 is 4.74 Å². The van der Waals surface area contributed by atoms with E-state index in [1.54, 1.807) is 0 Å². The van der Waals surface area contributed by atoms with Crippen LogP contribution in [0.4, 0.5) is 0 Å². The zero-order valence-corrected chi connectivity index (χ0v) is 13.5. The number of ether oxygens (including phenoxy) is 1. The molecule has 1 heterocycles. The molecular formula is C20H22N2O. The summed E-state index contributed by atoms with van der Waals surface area (Å²) in [6.07, 6.45) is 2.37. The topological polar surface area (TPSA) is 36.3 Å². The molecule has 118 valence electrons. The number of hydrogen-bond donors (Lipinski definition) is 0. The lowest BCUT2D eigenvalue weighted by Crippen LogP contribution is -2.37. The summed E-state index contributed by atoms with van der Waals surface area (Å²) < 4.78 is 6.04. The monoisotopic (exact) mass is 306 g/mol. The highest BCUT2D eigenvalue weighted by atomic mass is 16.5. The Labute approximate surface area is 138 Å². The van der Waals surface area contributed by atoms with Crippen LogP contribution in [-0.4, -0.2) is 24.1 Å². The molecule has 3 nitrogen and oxygen atoms in total. The molecule has 2 aromatic rings. The molecule has 0 bridgehead atoms. The Morgan fingerprint density at radius 2 is 1.87 bits per heavy atom. The molecule has 0 amide bonds. The summed E-state index contributed by atoms with van der Waals surface area (Å²) in [6.45, 7) is 5.29. The second kappa shape index (κ2) is 7.30. The Balaban J connectivity index is 1.49. The minimum Gasteiger partial charge on any atom is -0.490 e. The van der Waals surface area contributed by atoms with E-state index < -0.39 is 0 Å². The molecule has 2 aromatic carbocycles. The average molecular weight is 306 g/mol. The average Bonchev–Trinajstić information content (AvgIpc) is 2.57. The number of piperidine rings is 1. The Morgan fingerprint density at radius 3 is 2.52 bits per heavy atom. The Hall–Kier alpha value is -2.31. The third-order valence-corrected chi connectivity index (χ3v) is 4.31. The van der Waals surface area contributed by atoms with Crippen molar-refractivity contribution in [1.82, 2.24) is 4.90 Å². The first-order valence-corrected chi connectivity index (χ1v) is 8.17. The van der Waals surface area contributed by atoms with Crippen molar-refractivity contribution in [3.63, 3.8) is 0 Å². The van der Waals surface area contributed by atoms with E-state index in [1.165, 1.54) is 11.1 Å². The molecule has 0 unspecified atom stereocenters. The molecule has 1 saturated heterocycles. The predicted molar refractivity (Wildman–Crippen MR) is 91.3 cm³/mol. The van der Waals surface area contributed by atoms with Gasteiger partial charge in [0.25, 0.3) is 0 Å². The fourth-order valence-corrected chi connectivity index (χ4v) is 3.05. The fraction of sp³-hybridized carbons (Fsp3) is 0.350. The zero-order chi connectivity index (χ0) is 16.1. The molecule has 23 heavy (non-hydrogen) atoms. The van der Waals surface area contributed by atoms with Crippen molar-refractivity contribution in [3.05, 3.63) is 65.2 Å². The Morgan fingerprint density at radius 1 is 1.13 bits per heavy atom. The van der Waals surface area contributed by atoms with Crippen LogP contribution >= 0.6 is 0 Å². The molecule has 1 aliphatic rings. The minimum atomic E-state index is 0.275. The number of rotatable bonds is 4. The molecule has 0 N–H and O–H groups in total. The van der Waals surface area contributed by atoms with Gasteiger partial charge in [0.2, 0.25) is 0 Å². The highest BCUT2D eigenvalue weighted by molar-refractivity contribution is 5.34. The van der Waals surface area contributed by atoms with E-state index in [1.807, 2.05) is 24.3 Å². The fourth-order valence-electron chi connectivity index (χ4n) is 3.05. The van der Waals surface area contributed by atoms with Gasteiger partial charge in [0.05, 0.1) is 11.6 Å². The lowest BCUT2D eigenvalue weighted by Gasteiger charge is -2.32. The van der Waals surface area contributed by atoms with Gasteiger partial charge in [0.1, 0.15) is 11.9 Å². The lowest BCUT2D eigenvalue weighted by molar-refractivity contribution is 0.0968. The number of aryl methyl sites for hydroxylation is 1. The molecule has 0 aromatic heterocycles. The summed E-state index contributed by atoms with van der Waals surface area (Å²) in [4.78, 5) is 2.49. The second-order valence-corrected chi connectivity index (χ2v) is 6.22. The second-order valence-electron chi connectivity index (χ2n) is 6.22. The van der Waals surface area contributed by atoms with Crippen LogP contribution in [0.25, 0.3) is 0 Å². The maximum atomic E-state index is 8.82. The quantitative estimate of drug-likeness (QED) is 0.859. The van der Waals surface area contributed by atoms with Crippen LogP contribution in [0.1, 0.15) is 29.5 Å². The normalized spacial score (nSPS) is 16.0. The van der Waals surface area contributed by atoms with E-state index >= 15 is 0 Å². The van der Waals surface area contributed by atoms with Crippen LogP contribution in [0.2, 0.25) is 0 Å². The van der Waals surface area contributed by atoms with Crippen molar-refractivity contribution < 1.29 is 4.74 Å². The zero-order valence-electron chi connectivity index (χ0n) is 13.5. The standard InChI is InChI=1S/C20H22N2O/c1-16-3-2-4-18(13-16)15-22-11-9-20(10-12-22)23-19-7-5-17(14-21)6-8-19/h2-8,13,20H,9-12,15H2,1H3. The summed E-state index contributed by atoms with van der Waals surface area (Å²) in [5.41, 5.74) is 3.38. The number of hydrogen-bond acceptors (Lipinski definition) is 3. The van der Waals surface area contributed by atoms with Gasteiger partial charge in [-0.3, -0.25) is 4.90 Å². The molecule has 3 heteroatoms. The maximum Gasteiger partial charge on any atom is 0.119 e. The van der Waals surface area contributed by atoms with Gasteiger partial charge in [-0.25, -0.2) is 0 Å². The van der Waals surface area contributed by atoms with Crippen molar-refractivity contribution in [2.45, 2.75) is 32.4 Å². The number of nitriles is 1. The Bertz CT molecular complexity index is 680. The van der Waals surface area contributed by atoms with Gasteiger partial charge in [-0.2, -0.15) is 5.26 Å². The van der Waals surface area contributed by atoms with Crippen LogP contribution in [-0.2, 0) is 6.54 Å². The largest absolute Gasteiger partial charge is 0.490 e. The van der Waals surface area contributed by atoms with Gasteiger partial charge in [-0.1, -0.05) is 29.8 Å². The van der Waals surface area contributed by atoms with Crippen LogP contribution in [0.3, 0.4) is 0 Å². The Kier molecular flexibility index (Phi) is 4.95. The first-order chi connectivity index (χ1) is 11.2. The van der Waals surface area contributed by atoms with Gasteiger partial charge in [0.15, 0.2) is 0 Å². The van der Waals surface area contributed by atoms with Gasteiger partial charge in [-0.05, 0) is 49.6 Å². The molecule has 3 rings (SSSR count). The molecule has 0 radical (unpaired) electrons. The first kappa shape index (κ1) is 15.6. The van der Waals surface area contributed by atoms with E-state index in [4.69, 9.17) is 10.00 Å². The van der Waals surface area contributed by atoms with E-state index in [2.05, 4.69) is 42.2 Å². The third kappa shape index (κ3) is 4.34. The van der Waals surface area contributed by atoms with Gasteiger partial charge in [-0.15, -0.1) is 0 Å². The summed E-state index contributed by atoms with van der Waals surface area (Å²) >= 11 is 0. The van der Waals surface area contributed by atoms with E-state index in [0.717, 1.165) is 38.2 Å².